The smallest absolute Gasteiger partial charge is 0.272 e. The van der Waals surface area contributed by atoms with Gasteiger partial charge in [0.05, 0.1) is 0 Å². The number of nitrogens with zero attached hydrogens (tertiary/aromatic N) is 3. The highest BCUT2D eigenvalue weighted by Gasteiger charge is 2.26. The van der Waals surface area contributed by atoms with Gasteiger partial charge in [0.25, 0.3) is 11.8 Å². The summed E-state index contributed by atoms with van der Waals surface area (Å²) in [6.07, 6.45) is 1.50. The third-order valence-corrected chi connectivity index (χ3v) is 4.58. The van der Waals surface area contributed by atoms with Gasteiger partial charge in [-0.2, -0.15) is 0 Å². The van der Waals surface area contributed by atoms with Crippen LogP contribution in [0.1, 0.15) is 20.8 Å². The fourth-order valence-corrected chi connectivity index (χ4v) is 3.34. The van der Waals surface area contributed by atoms with Gasteiger partial charge in [-0.3, -0.25) is 14.6 Å². The van der Waals surface area contributed by atoms with Crippen LogP contribution in [-0.4, -0.2) is 52.8 Å². The van der Waals surface area contributed by atoms with E-state index in [-0.39, 0.29) is 11.8 Å². The van der Waals surface area contributed by atoms with Gasteiger partial charge in [0, 0.05) is 53.0 Å². The molecule has 2 amide bonds. The molecule has 1 aliphatic rings. The van der Waals surface area contributed by atoms with Crippen molar-refractivity contribution in [2.75, 3.05) is 26.2 Å². The Morgan fingerprint density at radius 1 is 0.800 bits per heavy atom. The van der Waals surface area contributed by atoms with Gasteiger partial charge >= 0.3 is 0 Å². The second-order valence-corrected chi connectivity index (χ2v) is 6.91. The molecule has 8 heteroatoms. The highest BCUT2D eigenvalue weighted by atomic mass is 35.5. The number of carbonyl (C=O) groups excluding carboxylic acids is 2. The highest BCUT2D eigenvalue weighted by molar-refractivity contribution is 6.35. The van der Waals surface area contributed by atoms with Crippen LogP contribution in [0.4, 0.5) is 0 Å². The topological polar surface area (TPSA) is 53.5 Å². The summed E-state index contributed by atoms with van der Waals surface area (Å²) < 4.78 is 0. The Morgan fingerprint density at radius 3 is 1.92 bits per heavy atom. The van der Waals surface area contributed by atoms with Crippen LogP contribution in [0, 0.1) is 0 Å². The maximum atomic E-state index is 12.6. The Bertz CT molecular complexity index is 800. The summed E-state index contributed by atoms with van der Waals surface area (Å²) in [7, 11) is 0. The van der Waals surface area contributed by atoms with E-state index >= 15 is 0 Å². The van der Waals surface area contributed by atoms with Gasteiger partial charge in [0.15, 0.2) is 0 Å². The lowest BCUT2D eigenvalue weighted by Crippen LogP contribution is -2.50. The van der Waals surface area contributed by atoms with E-state index in [4.69, 9.17) is 34.8 Å². The largest absolute Gasteiger partial charge is 0.335 e. The third-order valence-electron chi connectivity index (χ3n) is 3.90. The van der Waals surface area contributed by atoms with Crippen molar-refractivity contribution in [3.8, 4) is 0 Å². The number of piperazine rings is 1. The predicted molar refractivity (Wildman–Crippen MR) is 97.5 cm³/mol. The minimum absolute atomic E-state index is 0.155. The second kappa shape index (κ2) is 7.60. The quantitative estimate of drug-likeness (QED) is 0.776. The number of aromatic nitrogens is 1. The van der Waals surface area contributed by atoms with E-state index in [0.29, 0.717) is 52.5 Å². The molecule has 0 atom stereocenters. The van der Waals surface area contributed by atoms with Gasteiger partial charge in [-0.25, -0.2) is 0 Å². The first-order valence-corrected chi connectivity index (χ1v) is 8.73. The van der Waals surface area contributed by atoms with Crippen LogP contribution in [0.2, 0.25) is 15.1 Å². The molecule has 25 heavy (non-hydrogen) atoms. The average molecular weight is 399 g/mol. The Morgan fingerprint density at radius 2 is 1.36 bits per heavy atom. The van der Waals surface area contributed by atoms with Crippen molar-refractivity contribution in [1.29, 1.82) is 0 Å². The molecule has 1 saturated heterocycles. The SMILES string of the molecule is O=C(c1cc(Cl)cc(Cl)c1)N1CCN(C(=O)c2cc(Cl)ccn2)CC1. The van der Waals surface area contributed by atoms with Gasteiger partial charge < -0.3 is 9.80 Å². The van der Waals surface area contributed by atoms with Gasteiger partial charge in [-0.05, 0) is 30.3 Å². The zero-order valence-corrected chi connectivity index (χ0v) is 15.4. The number of amides is 2. The molecule has 0 radical (unpaired) electrons. The summed E-state index contributed by atoms with van der Waals surface area (Å²) in [5, 5.41) is 1.29. The number of carbonyl (C=O) groups is 2. The van der Waals surface area contributed by atoms with Crippen LogP contribution in [-0.2, 0) is 0 Å². The first-order chi connectivity index (χ1) is 11.9. The lowest BCUT2D eigenvalue weighted by atomic mass is 10.1. The van der Waals surface area contributed by atoms with E-state index in [1.807, 2.05) is 0 Å². The molecule has 0 spiro atoms. The van der Waals surface area contributed by atoms with Crippen molar-refractivity contribution in [3.05, 3.63) is 62.9 Å². The molecule has 2 heterocycles. The van der Waals surface area contributed by atoms with Crippen molar-refractivity contribution in [2.24, 2.45) is 0 Å². The number of pyridine rings is 1. The molecule has 0 bridgehead atoms. The van der Waals surface area contributed by atoms with Crippen molar-refractivity contribution < 1.29 is 9.59 Å². The molecule has 0 N–H and O–H groups in total. The van der Waals surface area contributed by atoms with Crippen molar-refractivity contribution in [3.63, 3.8) is 0 Å². The maximum absolute atomic E-state index is 12.6. The van der Waals surface area contributed by atoms with E-state index in [1.54, 1.807) is 34.1 Å². The maximum Gasteiger partial charge on any atom is 0.272 e. The molecule has 1 aromatic heterocycles. The van der Waals surface area contributed by atoms with Gasteiger partial charge in [-0.1, -0.05) is 34.8 Å². The fraction of sp³-hybridized carbons (Fsp3) is 0.235. The van der Waals surface area contributed by atoms with Crippen LogP contribution >= 0.6 is 34.8 Å². The number of hydrogen-bond acceptors (Lipinski definition) is 3. The first kappa shape index (κ1) is 18.0. The fourth-order valence-electron chi connectivity index (χ4n) is 2.66. The molecule has 1 aromatic carbocycles. The van der Waals surface area contributed by atoms with Crippen LogP contribution < -0.4 is 0 Å². The Balaban J connectivity index is 1.65. The van der Waals surface area contributed by atoms with E-state index in [9.17, 15) is 9.59 Å². The van der Waals surface area contributed by atoms with Crippen LogP contribution in [0.25, 0.3) is 0 Å². The summed E-state index contributed by atoms with van der Waals surface area (Å²) in [4.78, 5) is 32.4. The minimum atomic E-state index is -0.194. The van der Waals surface area contributed by atoms with Crippen LogP contribution in [0.5, 0.6) is 0 Å². The van der Waals surface area contributed by atoms with Crippen molar-refractivity contribution in [2.45, 2.75) is 0 Å². The van der Waals surface area contributed by atoms with Crippen molar-refractivity contribution >= 4 is 46.6 Å². The first-order valence-electron chi connectivity index (χ1n) is 7.60. The molecule has 5 nitrogen and oxygen atoms in total. The van der Waals surface area contributed by atoms with Gasteiger partial charge in [-0.15, -0.1) is 0 Å². The van der Waals surface area contributed by atoms with Crippen LogP contribution in [0.15, 0.2) is 36.5 Å². The molecule has 0 aliphatic carbocycles. The normalized spacial score (nSPS) is 14.5. The molecule has 2 aromatic rings. The van der Waals surface area contributed by atoms with E-state index < -0.39 is 0 Å². The number of hydrogen-bond donors (Lipinski definition) is 0. The zero-order valence-electron chi connectivity index (χ0n) is 13.1. The van der Waals surface area contributed by atoms with Gasteiger partial charge in [0.1, 0.15) is 5.69 Å². The molecular formula is C17H14Cl3N3O2. The third kappa shape index (κ3) is 4.24. The molecule has 130 valence electrons. The molecule has 0 saturated carbocycles. The Kier molecular flexibility index (Phi) is 5.47. The summed E-state index contributed by atoms with van der Waals surface area (Å²) in [6, 6.07) is 7.90. The lowest BCUT2D eigenvalue weighted by molar-refractivity contribution is 0.0532. The molecule has 1 aliphatic heterocycles. The molecule has 1 fully saturated rings. The number of rotatable bonds is 2. The standard InChI is InChI=1S/C17H14Cl3N3O2/c18-12-1-2-21-15(10-12)17(25)23-5-3-22(4-6-23)16(24)11-7-13(19)9-14(20)8-11/h1-2,7-10H,3-6H2. The van der Waals surface area contributed by atoms with Crippen LogP contribution in [0.3, 0.4) is 0 Å². The second-order valence-electron chi connectivity index (χ2n) is 5.60. The molecule has 3 rings (SSSR count). The minimum Gasteiger partial charge on any atom is -0.335 e. The van der Waals surface area contributed by atoms with Crippen molar-refractivity contribution in [1.82, 2.24) is 14.8 Å². The van der Waals surface area contributed by atoms with E-state index in [2.05, 4.69) is 4.98 Å². The monoisotopic (exact) mass is 397 g/mol. The van der Waals surface area contributed by atoms with E-state index in [1.165, 1.54) is 12.3 Å². The zero-order chi connectivity index (χ0) is 18.0. The molecule has 0 unspecified atom stereocenters. The Hall–Kier alpha value is -1.82. The lowest BCUT2D eigenvalue weighted by Gasteiger charge is -2.34. The summed E-state index contributed by atoms with van der Waals surface area (Å²) in [6.45, 7) is 1.70. The molecular weight excluding hydrogens is 385 g/mol. The average Bonchev–Trinajstić information content (AvgIpc) is 2.60. The predicted octanol–water partition coefficient (Wildman–Crippen LogP) is 3.64. The number of halogens is 3. The van der Waals surface area contributed by atoms with E-state index in [0.717, 1.165) is 0 Å². The summed E-state index contributed by atoms with van der Waals surface area (Å²) >= 11 is 17.8. The summed E-state index contributed by atoms with van der Waals surface area (Å²) in [5.41, 5.74) is 0.739. The summed E-state index contributed by atoms with van der Waals surface area (Å²) in [5.74, 6) is -0.349. The highest BCUT2D eigenvalue weighted by Crippen LogP contribution is 2.21. The number of benzene rings is 1. The Labute approximate surface area is 160 Å². The van der Waals surface area contributed by atoms with Gasteiger partial charge in [0.2, 0.25) is 0 Å².